The van der Waals surface area contributed by atoms with Crippen LogP contribution < -0.4 is 0 Å². The first-order chi connectivity index (χ1) is 20.6. The number of carbonyl (C=O) groups is 2. The molecule has 0 aliphatic heterocycles. The van der Waals surface area contributed by atoms with Crippen molar-refractivity contribution in [1.82, 2.24) is 9.13 Å². The van der Waals surface area contributed by atoms with Gasteiger partial charge in [-0.2, -0.15) is 0 Å². The van der Waals surface area contributed by atoms with Gasteiger partial charge in [0, 0.05) is 49.2 Å². The van der Waals surface area contributed by atoms with Crippen molar-refractivity contribution in [2.75, 3.05) is 13.2 Å². The van der Waals surface area contributed by atoms with Crippen LogP contribution in [0.25, 0.3) is 54.7 Å². The lowest BCUT2D eigenvalue weighted by Gasteiger charge is -2.17. The summed E-state index contributed by atoms with van der Waals surface area (Å²) in [6.07, 6.45) is 0. The standard InChI is InChI=1S/C37H36N2O4/c1-24(2)35(40)42-21-20-39-32-16-9-6-11-27(32)29-14-10-13-26(34(29)39)25-17-18-33-30(23-25)28-12-7-8-15-31(28)38(33)19-22-43-36(41)37(3,4)5/h6-18,23H,1,19-22H2,2-5H3. The number of esters is 2. The molecule has 4 aromatic carbocycles. The molecule has 2 heterocycles. The maximum atomic E-state index is 12.4. The van der Waals surface area contributed by atoms with E-state index in [1.165, 1.54) is 0 Å². The van der Waals surface area contributed by atoms with Gasteiger partial charge in [-0.1, -0.05) is 67.2 Å². The lowest BCUT2D eigenvalue weighted by Crippen LogP contribution is -2.24. The van der Waals surface area contributed by atoms with Crippen molar-refractivity contribution in [3.8, 4) is 11.1 Å². The van der Waals surface area contributed by atoms with Gasteiger partial charge in [-0.15, -0.1) is 0 Å². The van der Waals surface area contributed by atoms with E-state index in [0.717, 1.165) is 54.7 Å². The van der Waals surface area contributed by atoms with Gasteiger partial charge in [-0.25, -0.2) is 4.79 Å². The van der Waals surface area contributed by atoms with E-state index in [1.54, 1.807) is 6.92 Å². The number of nitrogens with zero attached hydrogens (tertiary/aromatic N) is 2. The third-order valence-corrected chi connectivity index (χ3v) is 7.93. The molecule has 0 aliphatic carbocycles. The van der Waals surface area contributed by atoms with Crippen LogP contribution in [0, 0.1) is 5.41 Å². The number of carbonyl (C=O) groups excluding carboxylic acids is 2. The van der Waals surface area contributed by atoms with E-state index in [-0.39, 0.29) is 18.5 Å². The summed E-state index contributed by atoms with van der Waals surface area (Å²) in [4.78, 5) is 24.5. The van der Waals surface area contributed by atoms with Crippen LogP contribution in [0.15, 0.2) is 97.1 Å². The van der Waals surface area contributed by atoms with Gasteiger partial charge in [0.1, 0.15) is 13.2 Å². The Morgan fingerprint density at radius 3 is 1.98 bits per heavy atom. The summed E-state index contributed by atoms with van der Waals surface area (Å²) in [6.45, 7) is 12.6. The lowest BCUT2D eigenvalue weighted by atomic mass is 9.97. The van der Waals surface area contributed by atoms with E-state index in [4.69, 9.17) is 9.47 Å². The third-order valence-electron chi connectivity index (χ3n) is 7.93. The summed E-state index contributed by atoms with van der Waals surface area (Å²) in [6, 6.07) is 29.7. The van der Waals surface area contributed by atoms with Crippen LogP contribution in [0.3, 0.4) is 0 Å². The van der Waals surface area contributed by atoms with Crippen LogP contribution in [-0.4, -0.2) is 34.3 Å². The summed E-state index contributed by atoms with van der Waals surface area (Å²) in [5, 5.41) is 4.61. The summed E-state index contributed by atoms with van der Waals surface area (Å²) in [7, 11) is 0. The molecule has 2 aromatic heterocycles. The van der Waals surface area contributed by atoms with Crippen molar-refractivity contribution in [1.29, 1.82) is 0 Å². The van der Waals surface area contributed by atoms with Crippen molar-refractivity contribution >= 4 is 55.6 Å². The Hall–Kier alpha value is -4.84. The molecule has 0 N–H and O–H groups in total. The van der Waals surface area contributed by atoms with Crippen LogP contribution in [0.2, 0.25) is 0 Å². The molecule has 43 heavy (non-hydrogen) atoms. The quantitative estimate of drug-likeness (QED) is 0.136. The largest absolute Gasteiger partial charge is 0.463 e. The predicted molar refractivity (Wildman–Crippen MR) is 174 cm³/mol. The van der Waals surface area contributed by atoms with E-state index in [0.29, 0.717) is 25.3 Å². The average Bonchev–Trinajstić information content (AvgIpc) is 3.49. The molecule has 218 valence electrons. The molecule has 6 heteroatoms. The second-order valence-electron chi connectivity index (χ2n) is 12.1. The van der Waals surface area contributed by atoms with Crippen LogP contribution in [-0.2, 0) is 32.2 Å². The van der Waals surface area contributed by atoms with Crippen molar-refractivity contribution in [3.63, 3.8) is 0 Å². The fourth-order valence-corrected chi connectivity index (χ4v) is 5.84. The van der Waals surface area contributed by atoms with Crippen molar-refractivity contribution in [2.45, 2.75) is 40.8 Å². The van der Waals surface area contributed by atoms with Gasteiger partial charge in [0.25, 0.3) is 0 Å². The van der Waals surface area contributed by atoms with E-state index in [1.807, 2.05) is 32.9 Å². The monoisotopic (exact) mass is 572 g/mol. The van der Waals surface area contributed by atoms with Gasteiger partial charge < -0.3 is 18.6 Å². The number of benzene rings is 4. The highest BCUT2D eigenvalue weighted by atomic mass is 16.5. The highest BCUT2D eigenvalue weighted by Crippen LogP contribution is 2.38. The molecule has 0 aliphatic rings. The second-order valence-corrected chi connectivity index (χ2v) is 12.1. The topological polar surface area (TPSA) is 62.5 Å². The predicted octanol–water partition coefficient (Wildman–Crippen LogP) is 8.28. The molecule has 0 amide bonds. The van der Waals surface area contributed by atoms with Gasteiger partial charge in [0.2, 0.25) is 0 Å². The molecule has 6 nitrogen and oxygen atoms in total. The van der Waals surface area contributed by atoms with Crippen LogP contribution in [0.4, 0.5) is 0 Å². The van der Waals surface area contributed by atoms with Crippen LogP contribution in [0.1, 0.15) is 27.7 Å². The number of para-hydroxylation sites is 3. The molecule has 0 radical (unpaired) electrons. The zero-order valence-corrected chi connectivity index (χ0v) is 25.1. The maximum Gasteiger partial charge on any atom is 0.333 e. The molecular weight excluding hydrogens is 536 g/mol. The van der Waals surface area contributed by atoms with E-state index in [2.05, 4.69) is 88.5 Å². The summed E-state index contributed by atoms with van der Waals surface area (Å²) < 4.78 is 15.6. The van der Waals surface area contributed by atoms with Crippen molar-refractivity contribution < 1.29 is 19.1 Å². The van der Waals surface area contributed by atoms with Crippen molar-refractivity contribution in [3.05, 3.63) is 97.1 Å². The molecule has 0 unspecified atom stereocenters. The minimum atomic E-state index is -0.536. The van der Waals surface area contributed by atoms with Gasteiger partial charge in [0.15, 0.2) is 0 Å². The number of rotatable bonds is 8. The number of hydrogen-bond donors (Lipinski definition) is 0. The Labute approximate surface area is 251 Å². The Balaban J connectivity index is 1.45. The fraction of sp³-hybridized carbons (Fsp3) is 0.243. The van der Waals surface area contributed by atoms with Gasteiger partial charge in [0.05, 0.1) is 24.0 Å². The molecule has 6 aromatic rings. The molecule has 0 atom stereocenters. The van der Waals surface area contributed by atoms with Gasteiger partial charge in [-0.05, 0) is 57.5 Å². The Morgan fingerprint density at radius 1 is 0.698 bits per heavy atom. The molecule has 0 saturated heterocycles. The zero-order chi connectivity index (χ0) is 30.3. The van der Waals surface area contributed by atoms with Crippen LogP contribution >= 0.6 is 0 Å². The van der Waals surface area contributed by atoms with Crippen LogP contribution in [0.5, 0.6) is 0 Å². The Kier molecular flexibility index (Phi) is 7.30. The molecule has 6 rings (SSSR count). The summed E-state index contributed by atoms with van der Waals surface area (Å²) in [5.74, 6) is -0.579. The molecule has 0 fully saturated rings. The molecular formula is C37H36N2O4. The van der Waals surface area contributed by atoms with Gasteiger partial charge >= 0.3 is 11.9 Å². The first-order valence-electron chi connectivity index (χ1n) is 14.7. The highest BCUT2D eigenvalue weighted by molar-refractivity contribution is 6.14. The third kappa shape index (κ3) is 5.18. The number of hydrogen-bond acceptors (Lipinski definition) is 4. The van der Waals surface area contributed by atoms with Crippen molar-refractivity contribution in [2.24, 2.45) is 5.41 Å². The average molecular weight is 573 g/mol. The number of aromatic nitrogens is 2. The van der Waals surface area contributed by atoms with E-state index in [9.17, 15) is 9.59 Å². The zero-order valence-electron chi connectivity index (χ0n) is 25.1. The van der Waals surface area contributed by atoms with Gasteiger partial charge in [-0.3, -0.25) is 4.79 Å². The Morgan fingerprint density at radius 2 is 1.28 bits per heavy atom. The first kappa shape index (κ1) is 28.3. The lowest BCUT2D eigenvalue weighted by molar-refractivity contribution is -0.153. The SMILES string of the molecule is C=C(C)C(=O)OCCn1c2ccccc2c2cccc(-c3ccc4c(c3)c3ccccc3n4CCOC(=O)C(C)(C)C)c21. The molecule has 0 bridgehead atoms. The minimum absolute atomic E-state index is 0.201. The number of fused-ring (bicyclic) bond motifs is 6. The minimum Gasteiger partial charge on any atom is -0.463 e. The summed E-state index contributed by atoms with van der Waals surface area (Å²) in [5.41, 5.74) is 6.46. The molecule has 0 saturated carbocycles. The second kappa shape index (κ2) is 11.1. The number of ether oxygens (including phenoxy) is 2. The normalized spacial score (nSPS) is 11.9. The molecule has 0 spiro atoms. The smallest absolute Gasteiger partial charge is 0.333 e. The fourth-order valence-electron chi connectivity index (χ4n) is 5.84. The Bertz CT molecular complexity index is 2040. The van der Waals surface area contributed by atoms with E-state index >= 15 is 0 Å². The van der Waals surface area contributed by atoms with E-state index < -0.39 is 5.41 Å². The summed E-state index contributed by atoms with van der Waals surface area (Å²) >= 11 is 0. The first-order valence-corrected chi connectivity index (χ1v) is 14.7. The maximum absolute atomic E-state index is 12.4. The highest BCUT2D eigenvalue weighted by Gasteiger charge is 2.23.